The van der Waals surface area contributed by atoms with Crippen LogP contribution in [0.15, 0.2) is 36.4 Å². The molecule has 0 radical (unpaired) electrons. The van der Waals surface area contributed by atoms with Gasteiger partial charge in [0.25, 0.3) is 0 Å². The van der Waals surface area contributed by atoms with E-state index >= 15 is 0 Å². The lowest BCUT2D eigenvalue weighted by Crippen LogP contribution is -2.50. The summed E-state index contributed by atoms with van der Waals surface area (Å²) in [7, 11) is 0. The number of carbonyl (C=O) groups excluding carboxylic acids is 2. The van der Waals surface area contributed by atoms with E-state index in [-0.39, 0.29) is 18.9 Å². The Balaban J connectivity index is 1.43. The van der Waals surface area contributed by atoms with Crippen molar-refractivity contribution in [2.75, 3.05) is 38.1 Å². The molecule has 0 aliphatic carbocycles. The minimum atomic E-state index is -0.670. The molecule has 3 atom stereocenters. The van der Waals surface area contributed by atoms with Crippen LogP contribution in [0.5, 0.6) is 0 Å². The third-order valence-corrected chi connectivity index (χ3v) is 5.20. The van der Waals surface area contributed by atoms with Crippen molar-refractivity contribution in [3.63, 3.8) is 0 Å². The third kappa shape index (κ3) is 6.79. The van der Waals surface area contributed by atoms with Crippen molar-refractivity contribution in [1.29, 1.82) is 0 Å². The Labute approximate surface area is 175 Å². The Kier molecular flexibility index (Phi) is 8.18. The predicted octanol–water partition coefficient (Wildman–Crippen LogP) is 1.23. The molecule has 0 spiro atoms. The van der Waals surface area contributed by atoms with Gasteiger partial charge in [-0.25, -0.2) is 9.18 Å². The van der Waals surface area contributed by atoms with Crippen molar-refractivity contribution in [3.8, 4) is 0 Å². The van der Waals surface area contributed by atoms with E-state index in [2.05, 4.69) is 20.9 Å². The quantitative estimate of drug-likeness (QED) is 0.474. The highest BCUT2D eigenvalue weighted by atomic mass is 19.1. The van der Waals surface area contributed by atoms with Crippen LogP contribution in [0.3, 0.4) is 0 Å². The highest BCUT2D eigenvalue weighted by Gasteiger charge is 2.29. The summed E-state index contributed by atoms with van der Waals surface area (Å²) in [6.07, 6.45) is 4.89. The van der Waals surface area contributed by atoms with Crippen molar-refractivity contribution in [2.45, 2.75) is 37.5 Å². The smallest absolute Gasteiger partial charge is 0.319 e. The first-order valence-electron chi connectivity index (χ1n) is 10.3. The van der Waals surface area contributed by atoms with E-state index in [1.807, 2.05) is 0 Å². The van der Waals surface area contributed by atoms with Gasteiger partial charge in [0.2, 0.25) is 5.91 Å². The van der Waals surface area contributed by atoms with Crippen LogP contribution in [0, 0.1) is 5.82 Å². The number of rotatable bonds is 8. The van der Waals surface area contributed by atoms with E-state index in [9.17, 15) is 19.1 Å². The number of ether oxygens (including phenoxy) is 1. The zero-order valence-corrected chi connectivity index (χ0v) is 16.9. The predicted molar refractivity (Wildman–Crippen MR) is 111 cm³/mol. The first-order valence-corrected chi connectivity index (χ1v) is 10.3. The lowest BCUT2D eigenvalue weighted by molar-refractivity contribution is -0.125. The number of carbonyl (C=O) groups is 2. The van der Waals surface area contributed by atoms with Gasteiger partial charge >= 0.3 is 6.03 Å². The summed E-state index contributed by atoms with van der Waals surface area (Å²) in [5, 5.41) is 17.8. The summed E-state index contributed by atoms with van der Waals surface area (Å²) in [5.41, 5.74) is 0.443. The monoisotopic (exact) mass is 420 g/mol. The fraction of sp³-hybridized carbons (Fsp3) is 0.524. The molecular formula is C21H29FN4O4. The van der Waals surface area contributed by atoms with E-state index in [4.69, 9.17) is 4.74 Å². The largest absolute Gasteiger partial charge is 0.394 e. The average molecular weight is 420 g/mol. The van der Waals surface area contributed by atoms with Crippen LogP contribution in [-0.4, -0.2) is 73.0 Å². The summed E-state index contributed by atoms with van der Waals surface area (Å²) in [4.78, 5) is 26.6. The lowest BCUT2D eigenvalue weighted by Gasteiger charge is -2.31. The van der Waals surface area contributed by atoms with Gasteiger partial charge in [-0.15, -0.1) is 0 Å². The lowest BCUT2D eigenvalue weighted by atomic mass is 10.0. The second-order valence-electron chi connectivity index (χ2n) is 7.51. The summed E-state index contributed by atoms with van der Waals surface area (Å²) in [6, 6.07) is 4.34. The average Bonchev–Trinajstić information content (AvgIpc) is 3.24. The van der Waals surface area contributed by atoms with Crippen molar-refractivity contribution in [2.24, 2.45) is 0 Å². The van der Waals surface area contributed by atoms with Crippen molar-refractivity contribution in [1.82, 2.24) is 15.5 Å². The number of aliphatic hydroxyl groups excluding tert-OH is 1. The van der Waals surface area contributed by atoms with E-state index in [0.29, 0.717) is 12.2 Å². The minimum absolute atomic E-state index is 0.110. The molecule has 3 rings (SSSR count). The number of anilines is 1. The molecule has 30 heavy (non-hydrogen) atoms. The number of urea groups is 1. The molecular weight excluding hydrogens is 391 g/mol. The third-order valence-electron chi connectivity index (χ3n) is 5.20. The summed E-state index contributed by atoms with van der Waals surface area (Å²) < 4.78 is 18.7. The van der Waals surface area contributed by atoms with Crippen LogP contribution in [-0.2, 0) is 9.53 Å². The fourth-order valence-electron chi connectivity index (χ4n) is 3.60. The maximum atomic E-state index is 12.9. The molecule has 1 fully saturated rings. The molecule has 4 N–H and O–H groups in total. The number of halogens is 1. The molecule has 2 heterocycles. The van der Waals surface area contributed by atoms with Crippen molar-refractivity contribution >= 4 is 17.6 Å². The van der Waals surface area contributed by atoms with Crippen molar-refractivity contribution < 1.29 is 23.8 Å². The number of amides is 3. The normalized spacial score (nSPS) is 23.9. The van der Waals surface area contributed by atoms with Crippen LogP contribution in [0.1, 0.15) is 19.3 Å². The zero-order valence-electron chi connectivity index (χ0n) is 16.9. The number of likely N-dealkylation sites (tertiary alicyclic amines) is 1. The van der Waals surface area contributed by atoms with Crippen molar-refractivity contribution in [3.05, 3.63) is 42.2 Å². The Bertz CT molecular complexity index is 737. The van der Waals surface area contributed by atoms with E-state index < -0.39 is 30.1 Å². The van der Waals surface area contributed by atoms with Crippen LogP contribution >= 0.6 is 0 Å². The van der Waals surface area contributed by atoms with E-state index in [0.717, 1.165) is 19.6 Å². The van der Waals surface area contributed by atoms with Crippen LogP contribution in [0.2, 0.25) is 0 Å². The topological polar surface area (TPSA) is 103 Å². The van der Waals surface area contributed by atoms with Crippen LogP contribution in [0.25, 0.3) is 0 Å². The van der Waals surface area contributed by atoms with Gasteiger partial charge in [-0.1, -0.05) is 12.2 Å². The summed E-state index contributed by atoms with van der Waals surface area (Å²) >= 11 is 0. The molecule has 0 bridgehead atoms. The van der Waals surface area contributed by atoms with Gasteiger partial charge < -0.3 is 30.7 Å². The van der Waals surface area contributed by atoms with Crippen LogP contribution in [0.4, 0.5) is 14.9 Å². The summed E-state index contributed by atoms with van der Waals surface area (Å²) in [6.45, 7) is 3.32. The Hall–Kier alpha value is -2.49. The number of nitrogens with one attached hydrogen (secondary N) is 3. The first kappa shape index (κ1) is 22.2. The van der Waals surface area contributed by atoms with Crippen LogP contribution < -0.4 is 16.0 Å². The maximum absolute atomic E-state index is 12.9. The highest BCUT2D eigenvalue weighted by Crippen LogP contribution is 2.16. The fourth-order valence-corrected chi connectivity index (χ4v) is 3.60. The number of benzene rings is 1. The Morgan fingerprint density at radius 3 is 2.60 bits per heavy atom. The highest BCUT2D eigenvalue weighted by molar-refractivity contribution is 5.89. The van der Waals surface area contributed by atoms with E-state index in [1.54, 1.807) is 12.2 Å². The van der Waals surface area contributed by atoms with Gasteiger partial charge in [0.05, 0.1) is 25.2 Å². The first-order chi connectivity index (χ1) is 14.5. The zero-order chi connectivity index (χ0) is 21.3. The standard InChI is InChI=1S/C21H29FN4O4/c22-15-3-5-16(6-4-15)24-21(29)25-18-8-7-17(30-19(18)14-27)13-20(28)23-9-12-26-10-1-2-11-26/h3-8,17-19,27H,1-2,9-14H2,(H,23,28)(H2,24,25,29)/t17-,18+,19-/m0/s1. The molecule has 164 valence electrons. The van der Waals surface area contributed by atoms with Gasteiger partial charge in [0.15, 0.2) is 0 Å². The molecule has 1 aromatic carbocycles. The molecule has 0 aromatic heterocycles. The number of hydrogen-bond donors (Lipinski definition) is 4. The Morgan fingerprint density at radius 2 is 1.90 bits per heavy atom. The maximum Gasteiger partial charge on any atom is 0.319 e. The number of aliphatic hydroxyl groups is 1. The van der Waals surface area contributed by atoms with Gasteiger partial charge in [-0.2, -0.15) is 0 Å². The number of nitrogens with zero attached hydrogens (tertiary/aromatic N) is 1. The van der Waals surface area contributed by atoms with Gasteiger partial charge in [-0.05, 0) is 50.2 Å². The molecule has 1 saturated heterocycles. The SMILES string of the molecule is O=C(C[C@@H]1C=C[C@@H](NC(=O)Nc2ccc(F)cc2)[C@H](CO)O1)NCCN1CCCC1. The second-order valence-corrected chi connectivity index (χ2v) is 7.51. The molecule has 2 aliphatic rings. The van der Waals surface area contributed by atoms with Gasteiger partial charge in [0, 0.05) is 18.8 Å². The summed E-state index contributed by atoms with van der Waals surface area (Å²) in [5.74, 6) is -0.503. The molecule has 0 saturated carbocycles. The molecule has 9 heteroatoms. The molecule has 1 aromatic rings. The molecule has 2 aliphatic heterocycles. The molecule has 0 unspecified atom stereocenters. The van der Waals surface area contributed by atoms with E-state index in [1.165, 1.54) is 37.1 Å². The number of hydrogen-bond acceptors (Lipinski definition) is 5. The minimum Gasteiger partial charge on any atom is -0.394 e. The van der Waals surface area contributed by atoms with Gasteiger partial charge in [0.1, 0.15) is 11.9 Å². The van der Waals surface area contributed by atoms with Gasteiger partial charge in [-0.3, -0.25) is 4.79 Å². The molecule has 8 nitrogen and oxygen atoms in total. The second kappa shape index (κ2) is 11.1. The Morgan fingerprint density at radius 1 is 1.17 bits per heavy atom. The molecule has 3 amide bonds.